The number of aliphatic hydroxyl groups is 1. The number of thioether (sulfide) groups is 1. The highest BCUT2D eigenvalue weighted by atomic mass is 32.2. The van der Waals surface area contributed by atoms with Crippen molar-refractivity contribution in [2.24, 2.45) is 0 Å². The van der Waals surface area contributed by atoms with Crippen molar-refractivity contribution in [1.29, 1.82) is 0 Å². The van der Waals surface area contributed by atoms with E-state index in [1.165, 1.54) is 10.5 Å². The first-order valence-corrected chi connectivity index (χ1v) is 7.44. The maximum absolute atomic E-state index is 8.96. The van der Waals surface area contributed by atoms with Crippen molar-refractivity contribution in [2.45, 2.75) is 18.0 Å². The first-order chi connectivity index (χ1) is 9.38. The summed E-state index contributed by atoms with van der Waals surface area (Å²) in [6, 6.07) is 18.5. The van der Waals surface area contributed by atoms with E-state index < -0.39 is 0 Å². The fraction of sp³-hybridized carbons (Fsp3) is 0.250. The third-order valence-electron chi connectivity index (χ3n) is 2.83. The largest absolute Gasteiger partial charge is 0.392 e. The Kier molecular flexibility index (Phi) is 5.95. The van der Waals surface area contributed by atoms with Gasteiger partial charge in [0.25, 0.3) is 0 Å². The fourth-order valence-electron chi connectivity index (χ4n) is 1.75. The summed E-state index contributed by atoms with van der Waals surface area (Å²) in [7, 11) is 0. The van der Waals surface area contributed by atoms with Gasteiger partial charge in [-0.05, 0) is 23.3 Å². The van der Waals surface area contributed by atoms with Crippen LogP contribution >= 0.6 is 11.8 Å². The zero-order chi connectivity index (χ0) is 13.3. The van der Waals surface area contributed by atoms with Gasteiger partial charge >= 0.3 is 0 Å². The van der Waals surface area contributed by atoms with Crippen molar-refractivity contribution in [2.75, 3.05) is 12.3 Å². The summed E-state index contributed by atoms with van der Waals surface area (Å²) in [6.07, 6.45) is 0. The topological polar surface area (TPSA) is 32.3 Å². The predicted molar refractivity (Wildman–Crippen MR) is 81.2 cm³/mol. The second-order valence-corrected chi connectivity index (χ2v) is 5.48. The molecular formula is C16H19NOS. The summed E-state index contributed by atoms with van der Waals surface area (Å²) in [4.78, 5) is 1.32. The first kappa shape index (κ1) is 14.1. The molecule has 2 nitrogen and oxygen atoms in total. The van der Waals surface area contributed by atoms with Crippen LogP contribution in [0.4, 0.5) is 0 Å². The van der Waals surface area contributed by atoms with Gasteiger partial charge in [0.05, 0.1) is 6.61 Å². The molecule has 2 N–H and O–H groups in total. The Morgan fingerprint density at radius 1 is 0.895 bits per heavy atom. The van der Waals surface area contributed by atoms with E-state index in [-0.39, 0.29) is 6.61 Å². The Morgan fingerprint density at radius 3 is 2.26 bits per heavy atom. The highest BCUT2D eigenvalue weighted by Crippen LogP contribution is 2.15. The molecule has 2 aromatic rings. The van der Waals surface area contributed by atoms with Crippen molar-refractivity contribution in [3.8, 4) is 0 Å². The Hall–Kier alpha value is -1.29. The molecule has 0 fully saturated rings. The molecule has 0 heterocycles. The van der Waals surface area contributed by atoms with Crippen LogP contribution in [-0.2, 0) is 13.2 Å². The molecule has 0 atom stereocenters. The summed E-state index contributed by atoms with van der Waals surface area (Å²) in [5, 5.41) is 12.4. The second-order valence-electron chi connectivity index (χ2n) is 4.31. The number of benzene rings is 2. The van der Waals surface area contributed by atoms with Crippen LogP contribution in [0.5, 0.6) is 0 Å². The van der Waals surface area contributed by atoms with E-state index in [0.29, 0.717) is 0 Å². The summed E-state index contributed by atoms with van der Waals surface area (Å²) >= 11 is 1.87. The molecule has 3 heteroatoms. The fourth-order valence-corrected chi connectivity index (χ4v) is 2.58. The van der Waals surface area contributed by atoms with Crippen LogP contribution in [0.25, 0.3) is 0 Å². The second kappa shape index (κ2) is 8.00. The zero-order valence-corrected chi connectivity index (χ0v) is 11.7. The SMILES string of the molecule is OCc1ccc(CNCCSc2ccccc2)cc1. The van der Waals surface area contributed by atoms with Crippen molar-refractivity contribution in [3.63, 3.8) is 0 Å². The third-order valence-corrected chi connectivity index (χ3v) is 3.84. The molecule has 0 spiro atoms. The molecule has 2 rings (SSSR count). The third kappa shape index (κ3) is 5.07. The van der Waals surface area contributed by atoms with Gasteiger partial charge in [0.1, 0.15) is 0 Å². The summed E-state index contributed by atoms with van der Waals surface area (Å²) in [5.74, 6) is 1.07. The molecule has 0 aliphatic heterocycles. The van der Waals surface area contributed by atoms with Gasteiger partial charge in [-0.25, -0.2) is 0 Å². The van der Waals surface area contributed by atoms with Crippen LogP contribution in [0, 0.1) is 0 Å². The van der Waals surface area contributed by atoms with Gasteiger partial charge in [-0.3, -0.25) is 0 Å². The smallest absolute Gasteiger partial charge is 0.0681 e. The van der Waals surface area contributed by atoms with Crippen molar-refractivity contribution >= 4 is 11.8 Å². The lowest BCUT2D eigenvalue weighted by atomic mass is 10.1. The molecule has 0 saturated carbocycles. The molecular weight excluding hydrogens is 254 g/mol. The summed E-state index contributed by atoms with van der Waals surface area (Å²) in [5.41, 5.74) is 2.21. The van der Waals surface area contributed by atoms with Crippen LogP contribution in [0.2, 0.25) is 0 Å². The first-order valence-electron chi connectivity index (χ1n) is 6.46. The summed E-state index contributed by atoms with van der Waals surface area (Å²) in [6.45, 7) is 1.98. The Labute approximate surface area is 118 Å². The van der Waals surface area contributed by atoms with E-state index in [1.807, 2.05) is 30.0 Å². The maximum Gasteiger partial charge on any atom is 0.0681 e. The number of nitrogens with one attached hydrogen (secondary N) is 1. The molecule has 0 unspecified atom stereocenters. The normalized spacial score (nSPS) is 10.6. The van der Waals surface area contributed by atoms with Crippen LogP contribution < -0.4 is 5.32 Å². The van der Waals surface area contributed by atoms with E-state index >= 15 is 0 Å². The average molecular weight is 273 g/mol. The van der Waals surface area contributed by atoms with E-state index in [0.717, 1.165) is 24.4 Å². The lowest BCUT2D eigenvalue weighted by Crippen LogP contribution is -2.16. The predicted octanol–water partition coefficient (Wildman–Crippen LogP) is 3.06. The van der Waals surface area contributed by atoms with Crippen LogP contribution in [0.15, 0.2) is 59.5 Å². The van der Waals surface area contributed by atoms with Crippen molar-refractivity contribution in [1.82, 2.24) is 5.32 Å². The molecule has 0 aliphatic rings. The van der Waals surface area contributed by atoms with Gasteiger partial charge in [0, 0.05) is 23.7 Å². The lowest BCUT2D eigenvalue weighted by Gasteiger charge is -2.05. The molecule has 0 amide bonds. The minimum atomic E-state index is 0.113. The highest BCUT2D eigenvalue weighted by Gasteiger charge is 1.95. The number of rotatable bonds is 7. The lowest BCUT2D eigenvalue weighted by molar-refractivity contribution is 0.282. The Bertz CT molecular complexity index is 470. The molecule has 0 radical (unpaired) electrons. The zero-order valence-electron chi connectivity index (χ0n) is 10.9. The van der Waals surface area contributed by atoms with Crippen molar-refractivity contribution < 1.29 is 5.11 Å². The Balaban J connectivity index is 1.63. The van der Waals surface area contributed by atoms with Crippen LogP contribution in [0.1, 0.15) is 11.1 Å². The minimum absolute atomic E-state index is 0.113. The molecule has 0 saturated heterocycles. The maximum atomic E-state index is 8.96. The van der Waals surface area contributed by atoms with Gasteiger partial charge in [0.2, 0.25) is 0 Å². The number of hydrogen-bond donors (Lipinski definition) is 2. The van der Waals surface area contributed by atoms with Gasteiger partial charge in [0.15, 0.2) is 0 Å². The summed E-state index contributed by atoms with van der Waals surface area (Å²) < 4.78 is 0. The standard InChI is InChI=1S/C16H19NOS/c18-13-15-8-6-14(7-9-15)12-17-10-11-19-16-4-2-1-3-5-16/h1-9,17-18H,10-13H2. The van der Waals surface area contributed by atoms with Crippen LogP contribution in [-0.4, -0.2) is 17.4 Å². The molecule has 100 valence electrons. The molecule has 19 heavy (non-hydrogen) atoms. The Morgan fingerprint density at radius 2 is 1.58 bits per heavy atom. The number of aliphatic hydroxyl groups excluding tert-OH is 1. The minimum Gasteiger partial charge on any atom is -0.392 e. The van der Waals surface area contributed by atoms with E-state index in [2.05, 4.69) is 41.7 Å². The molecule has 0 bridgehead atoms. The van der Waals surface area contributed by atoms with Gasteiger partial charge < -0.3 is 10.4 Å². The molecule has 2 aromatic carbocycles. The monoisotopic (exact) mass is 273 g/mol. The average Bonchev–Trinajstić information content (AvgIpc) is 2.49. The quantitative estimate of drug-likeness (QED) is 0.601. The van der Waals surface area contributed by atoms with E-state index in [9.17, 15) is 0 Å². The van der Waals surface area contributed by atoms with Crippen LogP contribution in [0.3, 0.4) is 0 Å². The molecule has 0 aromatic heterocycles. The molecule has 0 aliphatic carbocycles. The van der Waals surface area contributed by atoms with E-state index in [1.54, 1.807) is 0 Å². The number of hydrogen-bond acceptors (Lipinski definition) is 3. The van der Waals surface area contributed by atoms with Gasteiger partial charge in [-0.15, -0.1) is 11.8 Å². The van der Waals surface area contributed by atoms with Gasteiger partial charge in [-0.2, -0.15) is 0 Å². The van der Waals surface area contributed by atoms with Gasteiger partial charge in [-0.1, -0.05) is 42.5 Å². The highest BCUT2D eigenvalue weighted by molar-refractivity contribution is 7.99. The van der Waals surface area contributed by atoms with E-state index in [4.69, 9.17) is 5.11 Å². The van der Waals surface area contributed by atoms with Crippen molar-refractivity contribution in [3.05, 3.63) is 65.7 Å².